The van der Waals surface area contributed by atoms with Gasteiger partial charge in [-0.15, -0.1) is 0 Å². The molecule has 0 saturated carbocycles. The molecule has 2 heteroatoms. The zero-order valence-corrected chi connectivity index (χ0v) is 6.05. The summed E-state index contributed by atoms with van der Waals surface area (Å²) < 4.78 is 12.6. The number of hydrogen-bond donors (Lipinski definition) is 0. The third-order valence-corrected chi connectivity index (χ3v) is 1.82. The van der Waals surface area contributed by atoms with Crippen LogP contribution in [-0.4, -0.2) is 6.21 Å². The van der Waals surface area contributed by atoms with E-state index in [4.69, 9.17) is 0 Å². The minimum atomic E-state index is -0.206. The van der Waals surface area contributed by atoms with Gasteiger partial charge in [-0.2, -0.15) is 0 Å². The van der Waals surface area contributed by atoms with Crippen molar-refractivity contribution in [2.24, 2.45) is 4.99 Å². The largest absolute Gasteiger partial charge is 0.261 e. The molecule has 0 radical (unpaired) electrons. The monoisotopic (exact) mass is 149 g/mol. The van der Waals surface area contributed by atoms with Crippen molar-refractivity contribution >= 4 is 11.9 Å². The number of halogens is 1. The molecule has 0 N–H and O–H groups in total. The van der Waals surface area contributed by atoms with Crippen molar-refractivity contribution in [3.05, 3.63) is 29.6 Å². The summed E-state index contributed by atoms with van der Waals surface area (Å²) >= 11 is 0. The van der Waals surface area contributed by atoms with E-state index in [-0.39, 0.29) is 5.82 Å². The summed E-state index contributed by atoms with van der Waals surface area (Å²) in [6.07, 6.45) is 3.79. The summed E-state index contributed by atoms with van der Waals surface area (Å²) in [5.41, 5.74) is 1.94. The molecular formula is C9H8FN. The third kappa shape index (κ3) is 1.16. The van der Waals surface area contributed by atoms with Crippen molar-refractivity contribution in [2.45, 2.75) is 12.8 Å². The van der Waals surface area contributed by atoms with E-state index in [1.165, 1.54) is 12.1 Å². The average molecular weight is 149 g/mol. The summed E-state index contributed by atoms with van der Waals surface area (Å²) in [6.45, 7) is 0. The van der Waals surface area contributed by atoms with Crippen LogP contribution in [-0.2, 0) is 6.42 Å². The highest BCUT2D eigenvalue weighted by atomic mass is 19.1. The third-order valence-electron chi connectivity index (χ3n) is 1.82. The van der Waals surface area contributed by atoms with Crippen molar-refractivity contribution in [3.8, 4) is 0 Å². The van der Waals surface area contributed by atoms with E-state index >= 15 is 0 Å². The Kier molecular flexibility index (Phi) is 1.46. The van der Waals surface area contributed by atoms with Gasteiger partial charge in [0.2, 0.25) is 0 Å². The molecule has 1 nitrogen and oxygen atoms in total. The van der Waals surface area contributed by atoms with Gasteiger partial charge in [-0.3, -0.25) is 4.99 Å². The molecule has 56 valence electrons. The lowest BCUT2D eigenvalue weighted by atomic mass is 10.1. The molecule has 0 spiro atoms. The van der Waals surface area contributed by atoms with E-state index in [1.807, 2.05) is 6.21 Å². The molecular weight excluding hydrogens is 141 g/mol. The van der Waals surface area contributed by atoms with Crippen LogP contribution in [0.15, 0.2) is 23.2 Å². The summed E-state index contributed by atoms with van der Waals surface area (Å²) in [5.74, 6) is -0.206. The maximum atomic E-state index is 12.6. The maximum Gasteiger partial charge on any atom is 0.125 e. The van der Waals surface area contributed by atoms with Crippen molar-refractivity contribution < 1.29 is 4.39 Å². The van der Waals surface area contributed by atoms with Gasteiger partial charge in [0, 0.05) is 6.21 Å². The minimum absolute atomic E-state index is 0.206. The highest BCUT2D eigenvalue weighted by molar-refractivity contribution is 5.68. The second-order valence-corrected chi connectivity index (χ2v) is 2.62. The van der Waals surface area contributed by atoms with E-state index in [0.29, 0.717) is 0 Å². The molecule has 1 aliphatic rings. The molecule has 1 aliphatic heterocycles. The van der Waals surface area contributed by atoms with Gasteiger partial charge in [0.25, 0.3) is 0 Å². The van der Waals surface area contributed by atoms with Gasteiger partial charge in [-0.25, -0.2) is 4.39 Å². The molecule has 0 fully saturated rings. The van der Waals surface area contributed by atoms with Crippen LogP contribution in [0.2, 0.25) is 0 Å². The Morgan fingerprint density at radius 1 is 1.36 bits per heavy atom. The lowest BCUT2D eigenvalue weighted by Crippen LogP contribution is -1.93. The van der Waals surface area contributed by atoms with Crippen LogP contribution >= 0.6 is 0 Å². The molecule has 1 heterocycles. The minimum Gasteiger partial charge on any atom is -0.261 e. The lowest BCUT2D eigenvalue weighted by Gasteiger charge is -2.07. The van der Waals surface area contributed by atoms with Crippen LogP contribution in [0.1, 0.15) is 12.0 Å². The second-order valence-electron chi connectivity index (χ2n) is 2.62. The quantitative estimate of drug-likeness (QED) is 0.537. The van der Waals surface area contributed by atoms with Crippen LogP contribution in [0.3, 0.4) is 0 Å². The first-order chi connectivity index (χ1) is 5.36. The zero-order chi connectivity index (χ0) is 7.68. The Hall–Kier alpha value is -1.18. The van der Waals surface area contributed by atoms with Gasteiger partial charge in [-0.05, 0) is 30.5 Å². The Morgan fingerprint density at radius 3 is 3.18 bits per heavy atom. The second kappa shape index (κ2) is 2.46. The van der Waals surface area contributed by atoms with E-state index in [9.17, 15) is 4.39 Å². The first-order valence-corrected chi connectivity index (χ1v) is 3.67. The van der Waals surface area contributed by atoms with E-state index in [2.05, 4.69) is 4.99 Å². The first kappa shape index (κ1) is 6.53. The summed E-state index contributed by atoms with van der Waals surface area (Å²) in [5, 5.41) is 0. The van der Waals surface area contributed by atoms with Gasteiger partial charge in [-0.1, -0.05) is 6.07 Å². The lowest BCUT2D eigenvalue weighted by molar-refractivity contribution is 0.627. The fraction of sp³-hybridized carbons (Fsp3) is 0.222. The predicted octanol–water partition coefficient (Wildman–Crippen LogP) is 2.47. The zero-order valence-electron chi connectivity index (χ0n) is 6.05. The smallest absolute Gasteiger partial charge is 0.125 e. The maximum absolute atomic E-state index is 12.6. The topological polar surface area (TPSA) is 12.4 Å². The Labute approximate surface area is 64.6 Å². The Balaban J connectivity index is 2.54. The number of aryl methyl sites for hydroxylation is 1. The fourth-order valence-electron chi connectivity index (χ4n) is 1.25. The van der Waals surface area contributed by atoms with Crippen molar-refractivity contribution in [1.29, 1.82) is 0 Å². The molecule has 2 rings (SSSR count). The fourth-order valence-corrected chi connectivity index (χ4v) is 1.25. The van der Waals surface area contributed by atoms with Crippen molar-refractivity contribution in [2.75, 3.05) is 0 Å². The van der Waals surface area contributed by atoms with Crippen LogP contribution in [0.5, 0.6) is 0 Å². The van der Waals surface area contributed by atoms with E-state index in [0.717, 1.165) is 24.1 Å². The highest BCUT2D eigenvalue weighted by Gasteiger charge is 2.05. The predicted molar refractivity (Wildman–Crippen MR) is 42.9 cm³/mol. The molecule has 0 atom stereocenters. The number of nitrogens with zero attached hydrogens (tertiary/aromatic N) is 1. The standard InChI is InChI=1S/C9H8FN/c10-8-4-3-7-2-1-5-11-9(7)6-8/h3-6H,1-2H2. The number of fused-ring (bicyclic) bond motifs is 1. The van der Waals surface area contributed by atoms with E-state index in [1.54, 1.807) is 6.07 Å². The van der Waals surface area contributed by atoms with Crippen LogP contribution in [0, 0.1) is 5.82 Å². The van der Waals surface area contributed by atoms with E-state index < -0.39 is 0 Å². The summed E-state index contributed by atoms with van der Waals surface area (Å²) in [7, 11) is 0. The number of benzene rings is 1. The molecule has 1 aromatic rings. The van der Waals surface area contributed by atoms with Crippen LogP contribution in [0.25, 0.3) is 0 Å². The van der Waals surface area contributed by atoms with Gasteiger partial charge < -0.3 is 0 Å². The Bertz CT molecular complexity index is 304. The Morgan fingerprint density at radius 2 is 2.27 bits per heavy atom. The molecule has 0 aliphatic carbocycles. The van der Waals surface area contributed by atoms with Crippen LogP contribution in [0.4, 0.5) is 10.1 Å². The molecule has 0 aromatic heterocycles. The SMILES string of the molecule is Fc1ccc2c(c1)N=CCC2. The van der Waals surface area contributed by atoms with Crippen molar-refractivity contribution in [1.82, 2.24) is 0 Å². The van der Waals surface area contributed by atoms with Crippen LogP contribution < -0.4 is 0 Å². The first-order valence-electron chi connectivity index (χ1n) is 3.67. The molecule has 0 bridgehead atoms. The highest BCUT2D eigenvalue weighted by Crippen LogP contribution is 2.24. The number of aliphatic imine (C=N–C) groups is 1. The van der Waals surface area contributed by atoms with Crippen molar-refractivity contribution in [3.63, 3.8) is 0 Å². The normalized spacial score (nSPS) is 14.6. The summed E-state index contributed by atoms with van der Waals surface area (Å²) in [6, 6.07) is 4.77. The van der Waals surface area contributed by atoms with Gasteiger partial charge in [0.15, 0.2) is 0 Å². The number of hydrogen-bond acceptors (Lipinski definition) is 1. The molecule has 0 saturated heterocycles. The number of rotatable bonds is 0. The van der Waals surface area contributed by atoms with Gasteiger partial charge in [0.1, 0.15) is 5.82 Å². The molecule has 0 unspecified atom stereocenters. The summed E-state index contributed by atoms with van der Waals surface area (Å²) in [4.78, 5) is 4.09. The molecule has 1 aromatic carbocycles. The average Bonchev–Trinajstić information content (AvgIpc) is 2.04. The van der Waals surface area contributed by atoms with Gasteiger partial charge in [0.05, 0.1) is 5.69 Å². The van der Waals surface area contributed by atoms with Gasteiger partial charge >= 0.3 is 0 Å². The molecule has 11 heavy (non-hydrogen) atoms. The molecule has 0 amide bonds.